The van der Waals surface area contributed by atoms with Crippen molar-refractivity contribution in [1.82, 2.24) is 9.36 Å². The number of nitrogens with zero attached hydrogens (tertiary/aromatic N) is 3. The molecule has 170 valence electrons. The van der Waals surface area contributed by atoms with Crippen LogP contribution in [0.25, 0.3) is 6.08 Å². The number of rotatable bonds is 7. The van der Waals surface area contributed by atoms with Crippen LogP contribution in [0.5, 0.6) is 5.75 Å². The molecular formula is C20H15ClN4O5S3. The largest absolute Gasteiger partial charge is 0.421 e. The standard InChI is InChI=1S/C20H15ClN4O5S3/c1-11(2)33(28,29)20-24-19(32-25-20)23-17(26)13(10-22)8-12-5-6-15(14(21)9-12)30-18(27)16-4-3-7-31-16/h3-9,11H,1-2H3,(H,23,24,25,26)/b13-8-. The molecule has 3 rings (SSSR count). The normalized spacial score (nSPS) is 11.8. The van der Waals surface area contributed by atoms with Crippen LogP contribution in [0.2, 0.25) is 5.02 Å². The molecule has 0 aliphatic rings. The molecular weight excluding hydrogens is 508 g/mol. The monoisotopic (exact) mass is 522 g/mol. The summed E-state index contributed by atoms with van der Waals surface area (Å²) in [5, 5.41) is 12.4. The summed E-state index contributed by atoms with van der Waals surface area (Å²) in [6.45, 7) is 2.98. The van der Waals surface area contributed by atoms with E-state index in [0.29, 0.717) is 22.0 Å². The van der Waals surface area contributed by atoms with Gasteiger partial charge in [-0.25, -0.2) is 13.2 Å². The van der Waals surface area contributed by atoms with Crippen molar-refractivity contribution in [3.8, 4) is 11.8 Å². The predicted octanol–water partition coefficient (Wildman–Crippen LogP) is 4.20. The van der Waals surface area contributed by atoms with Crippen LogP contribution in [0.3, 0.4) is 0 Å². The summed E-state index contributed by atoms with van der Waals surface area (Å²) in [5.74, 6) is -1.22. The van der Waals surface area contributed by atoms with E-state index in [9.17, 15) is 23.3 Å². The Balaban J connectivity index is 1.74. The maximum absolute atomic E-state index is 12.5. The third-order valence-electron chi connectivity index (χ3n) is 4.06. The lowest BCUT2D eigenvalue weighted by atomic mass is 10.1. The van der Waals surface area contributed by atoms with Crippen LogP contribution in [0.1, 0.15) is 29.1 Å². The quantitative estimate of drug-likeness (QED) is 0.211. The van der Waals surface area contributed by atoms with Gasteiger partial charge in [-0.15, -0.1) is 11.3 Å². The summed E-state index contributed by atoms with van der Waals surface area (Å²) >= 11 is 8.10. The molecule has 2 aromatic heterocycles. The van der Waals surface area contributed by atoms with Crippen molar-refractivity contribution in [2.75, 3.05) is 5.32 Å². The van der Waals surface area contributed by atoms with Gasteiger partial charge in [-0.3, -0.25) is 10.1 Å². The number of esters is 1. The SMILES string of the molecule is CC(C)S(=O)(=O)c1nsc(NC(=O)/C(C#N)=C\c2ccc(OC(=O)c3cccs3)c(Cl)c2)n1. The van der Waals surface area contributed by atoms with E-state index in [4.69, 9.17) is 16.3 Å². The van der Waals surface area contributed by atoms with E-state index in [1.54, 1.807) is 23.6 Å². The molecule has 0 saturated heterocycles. The van der Waals surface area contributed by atoms with E-state index in [-0.39, 0.29) is 26.6 Å². The van der Waals surface area contributed by atoms with Gasteiger partial charge in [0.25, 0.3) is 11.1 Å². The molecule has 3 aromatic rings. The Bertz CT molecular complexity index is 1370. The highest BCUT2D eigenvalue weighted by molar-refractivity contribution is 7.91. The molecule has 1 amide bonds. The average Bonchev–Trinajstić information content (AvgIpc) is 3.46. The van der Waals surface area contributed by atoms with Crippen molar-refractivity contribution in [2.45, 2.75) is 24.3 Å². The lowest BCUT2D eigenvalue weighted by molar-refractivity contribution is -0.112. The van der Waals surface area contributed by atoms with Crippen molar-refractivity contribution in [1.29, 1.82) is 5.26 Å². The number of sulfone groups is 1. The number of ether oxygens (including phenoxy) is 1. The molecule has 0 saturated carbocycles. The minimum absolute atomic E-state index is 0.0609. The number of hydrogen-bond donors (Lipinski definition) is 1. The van der Waals surface area contributed by atoms with Gasteiger partial charge in [0.05, 0.1) is 10.3 Å². The Morgan fingerprint density at radius 3 is 2.67 bits per heavy atom. The van der Waals surface area contributed by atoms with Crippen LogP contribution in [0, 0.1) is 11.3 Å². The Kier molecular flexibility index (Phi) is 7.60. The molecule has 0 radical (unpaired) electrons. The fraction of sp³-hybridized carbons (Fsp3) is 0.150. The summed E-state index contributed by atoms with van der Waals surface area (Å²) < 4.78 is 33.3. The van der Waals surface area contributed by atoms with E-state index in [0.717, 1.165) is 0 Å². The van der Waals surface area contributed by atoms with Crippen LogP contribution in [-0.2, 0) is 14.6 Å². The number of benzene rings is 1. The first kappa shape index (κ1) is 24.5. The smallest absolute Gasteiger partial charge is 0.353 e. The van der Waals surface area contributed by atoms with E-state index in [1.165, 1.54) is 49.5 Å². The number of carbonyl (C=O) groups is 2. The summed E-state index contributed by atoms with van der Waals surface area (Å²) in [6.07, 6.45) is 1.28. The van der Waals surface area contributed by atoms with E-state index >= 15 is 0 Å². The van der Waals surface area contributed by atoms with Crippen molar-refractivity contribution in [3.63, 3.8) is 0 Å². The molecule has 9 nitrogen and oxygen atoms in total. The Hall–Kier alpha value is -3.11. The maximum atomic E-state index is 12.5. The second-order valence-electron chi connectivity index (χ2n) is 6.66. The summed E-state index contributed by atoms with van der Waals surface area (Å²) in [6, 6.07) is 9.51. The molecule has 0 atom stereocenters. The minimum Gasteiger partial charge on any atom is -0.421 e. The number of anilines is 1. The summed E-state index contributed by atoms with van der Waals surface area (Å²) in [5.41, 5.74) is 0.126. The molecule has 0 aliphatic carbocycles. The Labute approximate surface area is 202 Å². The number of halogens is 1. The van der Waals surface area contributed by atoms with Gasteiger partial charge in [0, 0.05) is 11.5 Å². The molecule has 2 heterocycles. The van der Waals surface area contributed by atoms with E-state index in [2.05, 4.69) is 14.7 Å². The van der Waals surface area contributed by atoms with E-state index < -0.39 is 27.0 Å². The van der Waals surface area contributed by atoms with Gasteiger partial charge < -0.3 is 4.74 Å². The topological polar surface area (TPSA) is 139 Å². The molecule has 13 heteroatoms. The fourth-order valence-electron chi connectivity index (χ4n) is 2.30. The lowest BCUT2D eigenvalue weighted by Gasteiger charge is -2.06. The Morgan fingerprint density at radius 2 is 2.06 bits per heavy atom. The van der Waals surface area contributed by atoms with Crippen LogP contribution in [0.4, 0.5) is 5.13 Å². The van der Waals surface area contributed by atoms with E-state index in [1.807, 2.05) is 0 Å². The number of nitrogens with one attached hydrogen (secondary N) is 1. The van der Waals surface area contributed by atoms with Gasteiger partial charge in [-0.05, 0) is 49.1 Å². The molecule has 0 bridgehead atoms. The first-order chi connectivity index (χ1) is 15.6. The van der Waals surface area contributed by atoms with Crippen molar-refractivity contribution in [2.24, 2.45) is 0 Å². The zero-order chi connectivity index (χ0) is 24.2. The van der Waals surface area contributed by atoms with Gasteiger partial charge in [-0.1, -0.05) is 23.7 Å². The molecule has 33 heavy (non-hydrogen) atoms. The number of hydrogen-bond acceptors (Lipinski definition) is 10. The first-order valence-corrected chi connectivity index (χ1v) is 12.8. The van der Waals surface area contributed by atoms with Crippen LogP contribution < -0.4 is 10.1 Å². The highest BCUT2D eigenvalue weighted by atomic mass is 35.5. The van der Waals surface area contributed by atoms with Crippen LogP contribution in [0.15, 0.2) is 46.4 Å². The zero-order valence-electron chi connectivity index (χ0n) is 17.1. The average molecular weight is 523 g/mol. The number of nitriles is 1. The van der Waals surface area contributed by atoms with Gasteiger partial charge in [0.15, 0.2) is 0 Å². The van der Waals surface area contributed by atoms with Gasteiger partial charge in [0.2, 0.25) is 15.0 Å². The highest BCUT2D eigenvalue weighted by Gasteiger charge is 2.25. The van der Waals surface area contributed by atoms with Crippen LogP contribution >= 0.6 is 34.5 Å². The number of carbonyl (C=O) groups excluding carboxylic acids is 2. The minimum atomic E-state index is -3.69. The van der Waals surface area contributed by atoms with Crippen LogP contribution in [-0.4, -0.2) is 34.9 Å². The molecule has 1 N–H and O–H groups in total. The second kappa shape index (κ2) is 10.2. The third-order valence-corrected chi connectivity index (χ3v) is 7.88. The molecule has 0 spiro atoms. The predicted molar refractivity (Wildman–Crippen MR) is 125 cm³/mol. The third kappa shape index (κ3) is 5.82. The van der Waals surface area contributed by atoms with Gasteiger partial charge >= 0.3 is 5.97 Å². The van der Waals surface area contributed by atoms with Crippen molar-refractivity contribution >= 4 is 67.4 Å². The van der Waals surface area contributed by atoms with Gasteiger partial charge in [-0.2, -0.15) is 14.6 Å². The highest BCUT2D eigenvalue weighted by Crippen LogP contribution is 2.28. The van der Waals surface area contributed by atoms with Crippen molar-refractivity contribution in [3.05, 3.63) is 56.7 Å². The molecule has 0 unspecified atom stereocenters. The zero-order valence-corrected chi connectivity index (χ0v) is 20.3. The number of aromatic nitrogens is 2. The summed E-state index contributed by atoms with van der Waals surface area (Å²) in [4.78, 5) is 28.8. The first-order valence-electron chi connectivity index (χ1n) is 9.18. The second-order valence-corrected chi connectivity index (χ2v) is 11.2. The van der Waals surface area contributed by atoms with Gasteiger partial charge in [0.1, 0.15) is 22.3 Å². The number of amides is 1. The molecule has 0 aliphatic heterocycles. The molecule has 0 fully saturated rings. The van der Waals surface area contributed by atoms with Crippen molar-refractivity contribution < 1.29 is 22.7 Å². The fourth-order valence-corrected chi connectivity index (χ4v) is 4.82. The summed E-state index contributed by atoms with van der Waals surface area (Å²) in [7, 11) is -3.69. The number of thiophene rings is 1. The Morgan fingerprint density at radius 1 is 1.30 bits per heavy atom. The lowest BCUT2D eigenvalue weighted by Crippen LogP contribution is -2.16. The maximum Gasteiger partial charge on any atom is 0.353 e. The molecule has 1 aromatic carbocycles.